The summed E-state index contributed by atoms with van der Waals surface area (Å²) in [5.74, 6) is 2.08. The molecule has 0 heterocycles. The predicted molar refractivity (Wildman–Crippen MR) is 75.6 cm³/mol. The van der Waals surface area contributed by atoms with Gasteiger partial charge in [0.2, 0.25) is 0 Å². The third-order valence-electron chi connectivity index (χ3n) is 4.12. The van der Waals surface area contributed by atoms with Gasteiger partial charge in [-0.1, -0.05) is 18.2 Å². The van der Waals surface area contributed by atoms with Crippen molar-refractivity contribution in [3.63, 3.8) is 0 Å². The Kier molecular flexibility index (Phi) is 2.81. The molecule has 2 nitrogen and oxygen atoms in total. The monoisotopic (exact) mass is 254 g/mol. The van der Waals surface area contributed by atoms with Crippen molar-refractivity contribution < 1.29 is 9.53 Å². The zero-order chi connectivity index (χ0) is 13.6. The Labute approximate surface area is 113 Å². The number of ketones is 1. The van der Waals surface area contributed by atoms with E-state index in [1.165, 1.54) is 0 Å². The number of aryl methyl sites for hydroxylation is 2. The number of fused-ring (bicyclic) bond motifs is 1. The molecule has 2 aliphatic carbocycles. The van der Waals surface area contributed by atoms with Crippen LogP contribution in [0.15, 0.2) is 35.9 Å². The molecule has 0 saturated heterocycles. The van der Waals surface area contributed by atoms with E-state index < -0.39 is 0 Å². The molecule has 19 heavy (non-hydrogen) atoms. The Morgan fingerprint density at radius 1 is 1.26 bits per heavy atom. The van der Waals surface area contributed by atoms with Crippen molar-refractivity contribution in [1.29, 1.82) is 0 Å². The number of rotatable bonds is 3. The summed E-state index contributed by atoms with van der Waals surface area (Å²) in [5, 5.41) is 0. The summed E-state index contributed by atoms with van der Waals surface area (Å²) < 4.78 is 5.30. The molecule has 0 radical (unpaired) electrons. The molecule has 2 unspecified atom stereocenters. The minimum absolute atomic E-state index is 0.181. The lowest BCUT2D eigenvalue weighted by atomic mass is 9.92. The van der Waals surface area contributed by atoms with Crippen LogP contribution in [-0.2, 0) is 0 Å². The molecule has 1 aromatic rings. The molecule has 3 rings (SSSR count). The highest BCUT2D eigenvalue weighted by molar-refractivity contribution is 6.10. The van der Waals surface area contributed by atoms with Gasteiger partial charge in [0.1, 0.15) is 5.75 Å². The third kappa shape index (κ3) is 2.01. The maximum atomic E-state index is 12.7. The molecule has 0 N–H and O–H groups in total. The fraction of sp³-hybridized carbons (Fsp3) is 0.353. The number of carbonyl (C=O) groups is 1. The quantitative estimate of drug-likeness (QED) is 0.770. The van der Waals surface area contributed by atoms with Crippen molar-refractivity contribution in [2.75, 3.05) is 7.11 Å². The highest BCUT2D eigenvalue weighted by atomic mass is 16.5. The highest BCUT2D eigenvalue weighted by Gasteiger charge is 2.42. The maximum Gasteiger partial charge on any atom is 0.189 e. The summed E-state index contributed by atoms with van der Waals surface area (Å²) in [7, 11) is 1.66. The van der Waals surface area contributed by atoms with Gasteiger partial charge < -0.3 is 4.74 Å². The second kappa shape index (κ2) is 4.37. The van der Waals surface area contributed by atoms with E-state index in [4.69, 9.17) is 4.74 Å². The molecule has 2 atom stereocenters. The minimum Gasteiger partial charge on any atom is -0.496 e. The molecule has 1 aromatic carbocycles. The van der Waals surface area contributed by atoms with Crippen molar-refractivity contribution in [3.8, 4) is 5.75 Å². The van der Waals surface area contributed by atoms with Crippen molar-refractivity contribution in [2.24, 2.45) is 11.8 Å². The van der Waals surface area contributed by atoms with Crippen molar-refractivity contribution >= 4 is 5.78 Å². The van der Waals surface area contributed by atoms with Gasteiger partial charge in [-0.2, -0.15) is 0 Å². The fourth-order valence-corrected chi connectivity index (χ4v) is 2.86. The Bertz CT molecular complexity index is 608. The van der Waals surface area contributed by atoms with E-state index in [1.54, 1.807) is 7.11 Å². The van der Waals surface area contributed by atoms with E-state index in [9.17, 15) is 4.79 Å². The van der Waals surface area contributed by atoms with Gasteiger partial charge in [0.25, 0.3) is 0 Å². The van der Waals surface area contributed by atoms with E-state index in [1.807, 2.05) is 38.1 Å². The number of hydrogen-bond acceptors (Lipinski definition) is 2. The first-order valence-corrected chi connectivity index (χ1v) is 6.70. The topological polar surface area (TPSA) is 26.3 Å². The SMILES string of the molecule is COc1cc(C)c(C(=O)C2=CC=CC3CC23)cc1C. The van der Waals surface area contributed by atoms with Crippen LogP contribution in [0.3, 0.4) is 0 Å². The first-order chi connectivity index (χ1) is 9.11. The number of Topliss-reactive ketones (excluding diaryl/α,β-unsaturated/α-hetero) is 1. The second-order valence-corrected chi connectivity index (χ2v) is 5.48. The van der Waals surface area contributed by atoms with Crippen LogP contribution in [0, 0.1) is 25.7 Å². The molecule has 98 valence electrons. The molecule has 0 bridgehead atoms. The Morgan fingerprint density at radius 3 is 2.79 bits per heavy atom. The van der Waals surface area contributed by atoms with Crippen LogP contribution in [0.2, 0.25) is 0 Å². The first-order valence-electron chi connectivity index (χ1n) is 6.70. The maximum absolute atomic E-state index is 12.7. The van der Waals surface area contributed by atoms with Gasteiger partial charge in [0.05, 0.1) is 7.11 Å². The normalized spacial score (nSPS) is 23.6. The largest absolute Gasteiger partial charge is 0.496 e. The molecular weight excluding hydrogens is 236 g/mol. The van der Waals surface area contributed by atoms with Crippen molar-refractivity contribution in [1.82, 2.24) is 0 Å². The molecule has 1 fully saturated rings. The van der Waals surface area contributed by atoms with Crippen LogP contribution < -0.4 is 4.74 Å². The van der Waals surface area contributed by atoms with Gasteiger partial charge in [-0.15, -0.1) is 0 Å². The van der Waals surface area contributed by atoms with Gasteiger partial charge in [0, 0.05) is 11.1 Å². The summed E-state index contributed by atoms with van der Waals surface area (Å²) in [5.41, 5.74) is 3.78. The van der Waals surface area contributed by atoms with E-state index in [-0.39, 0.29) is 5.78 Å². The number of carbonyl (C=O) groups excluding carboxylic acids is 1. The second-order valence-electron chi connectivity index (χ2n) is 5.48. The summed E-state index contributed by atoms with van der Waals surface area (Å²) in [6.45, 7) is 3.95. The van der Waals surface area contributed by atoms with Gasteiger partial charge in [0.15, 0.2) is 5.78 Å². The molecule has 0 aliphatic heterocycles. The number of methoxy groups -OCH3 is 1. The standard InChI is InChI=1S/C17H18O2/c1-10-8-16(19-3)11(2)7-14(10)17(18)13-6-4-5-12-9-15(12)13/h4-8,12,15H,9H2,1-3H3. The molecule has 2 heteroatoms. The zero-order valence-corrected chi connectivity index (χ0v) is 11.6. The van der Waals surface area contributed by atoms with E-state index in [0.29, 0.717) is 11.8 Å². The molecule has 0 amide bonds. The van der Waals surface area contributed by atoms with Crippen LogP contribution >= 0.6 is 0 Å². The minimum atomic E-state index is 0.181. The van der Waals surface area contributed by atoms with Crippen molar-refractivity contribution in [2.45, 2.75) is 20.3 Å². The molecular formula is C17H18O2. The van der Waals surface area contributed by atoms with E-state index >= 15 is 0 Å². The van der Waals surface area contributed by atoms with Crippen LogP contribution in [0.5, 0.6) is 5.75 Å². The lowest BCUT2D eigenvalue weighted by molar-refractivity contribution is 0.102. The highest BCUT2D eigenvalue weighted by Crippen LogP contribution is 2.48. The summed E-state index contributed by atoms with van der Waals surface area (Å²) >= 11 is 0. The first kappa shape index (κ1) is 12.2. The number of hydrogen-bond donors (Lipinski definition) is 0. The lowest BCUT2D eigenvalue weighted by Gasteiger charge is -2.13. The predicted octanol–water partition coefficient (Wildman–Crippen LogP) is 3.63. The Morgan fingerprint density at radius 2 is 2.05 bits per heavy atom. The third-order valence-corrected chi connectivity index (χ3v) is 4.12. The molecule has 0 aromatic heterocycles. The van der Waals surface area contributed by atoms with Gasteiger partial charge in [-0.05, 0) is 55.4 Å². The van der Waals surface area contributed by atoms with Gasteiger partial charge >= 0.3 is 0 Å². The summed E-state index contributed by atoms with van der Waals surface area (Å²) in [6, 6.07) is 3.90. The fourth-order valence-electron chi connectivity index (χ4n) is 2.86. The van der Waals surface area contributed by atoms with Gasteiger partial charge in [-0.25, -0.2) is 0 Å². The van der Waals surface area contributed by atoms with E-state index in [0.717, 1.165) is 34.4 Å². The van der Waals surface area contributed by atoms with Crippen LogP contribution in [0.25, 0.3) is 0 Å². The Hall–Kier alpha value is -1.83. The number of ether oxygens (including phenoxy) is 1. The smallest absolute Gasteiger partial charge is 0.189 e. The average molecular weight is 254 g/mol. The van der Waals surface area contributed by atoms with Crippen LogP contribution in [0.4, 0.5) is 0 Å². The molecule has 0 spiro atoms. The number of benzene rings is 1. The van der Waals surface area contributed by atoms with Gasteiger partial charge in [-0.3, -0.25) is 4.79 Å². The average Bonchev–Trinajstić information content (AvgIpc) is 3.19. The van der Waals surface area contributed by atoms with Crippen molar-refractivity contribution in [3.05, 3.63) is 52.6 Å². The molecule has 1 saturated carbocycles. The van der Waals surface area contributed by atoms with E-state index in [2.05, 4.69) is 6.08 Å². The lowest BCUT2D eigenvalue weighted by Crippen LogP contribution is -2.10. The Balaban J connectivity index is 1.98. The van der Waals surface area contributed by atoms with Crippen LogP contribution in [0.1, 0.15) is 27.9 Å². The summed E-state index contributed by atoms with van der Waals surface area (Å²) in [6.07, 6.45) is 7.33. The number of allylic oxidation sites excluding steroid dienone is 4. The summed E-state index contributed by atoms with van der Waals surface area (Å²) in [4.78, 5) is 12.7. The zero-order valence-electron chi connectivity index (χ0n) is 11.6. The molecule has 2 aliphatic rings. The van der Waals surface area contributed by atoms with Crippen LogP contribution in [-0.4, -0.2) is 12.9 Å².